The zero-order valence-corrected chi connectivity index (χ0v) is 11.9. The largest absolute Gasteiger partial charge is 0.354 e. The number of nitrogens with one attached hydrogen (secondary N) is 1. The van der Waals surface area contributed by atoms with Crippen LogP contribution in [0.2, 0.25) is 0 Å². The summed E-state index contributed by atoms with van der Waals surface area (Å²) in [6.45, 7) is 5.37. The topological polar surface area (TPSA) is 28.2 Å². The zero-order valence-electron chi connectivity index (χ0n) is 10.3. The summed E-state index contributed by atoms with van der Waals surface area (Å²) in [5, 5.41) is 4.67. The highest BCUT2D eigenvalue weighted by Gasteiger charge is 2.31. The molecule has 0 bridgehead atoms. The minimum atomic E-state index is 0. The van der Waals surface area contributed by atoms with Crippen molar-refractivity contribution in [3.63, 3.8) is 0 Å². The molecule has 2 rings (SSSR count). The monoisotopic (exact) mass is 261 g/mol. The Morgan fingerprint density at radius 1 is 1.50 bits per heavy atom. The SMILES string of the molecule is Cc1nc(N(C)C)sc1CNC1CC1C.Cl. The summed E-state index contributed by atoms with van der Waals surface area (Å²) in [4.78, 5) is 7.98. The van der Waals surface area contributed by atoms with Crippen LogP contribution in [0.15, 0.2) is 0 Å². The summed E-state index contributed by atoms with van der Waals surface area (Å²) in [6.07, 6.45) is 1.33. The molecule has 0 aromatic carbocycles. The van der Waals surface area contributed by atoms with E-state index < -0.39 is 0 Å². The number of nitrogens with zero attached hydrogens (tertiary/aromatic N) is 2. The van der Waals surface area contributed by atoms with E-state index in [-0.39, 0.29) is 12.4 Å². The number of hydrogen-bond acceptors (Lipinski definition) is 4. The third kappa shape index (κ3) is 3.09. The Bertz CT molecular complexity index is 351. The molecule has 1 N–H and O–H groups in total. The van der Waals surface area contributed by atoms with Crippen LogP contribution >= 0.6 is 23.7 Å². The minimum absolute atomic E-state index is 0. The van der Waals surface area contributed by atoms with Gasteiger partial charge in [-0.2, -0.15) is 0 Å². The summed E-state index contributed by atoms with van der Waals surface area (Å²) in [7, 11) is 4.08. The molecule has 0 aliphatic heterocycles. The van der Waals surface area contributed by atoms with E-state index in [0.29, 0.717) is 0 Å². The van der Waals surface area contributed by atoms with E-state index in [1.807, 2.05) is 14.1 Å². The average molecular weight is 262 g/mol. The smallest absolute Gasteiger partial charge is 0.185 e. The lowest BCUT2D eigenvalue weighted by Gasteiger charge is -2.05. The first-order valence-electron chi connectivity index (χ1n) is 5.45. The fourth-order valence-corrected chi connectivity index (χ4v) is 2.53. The van der Waals surface area contributed by atoms with Crippen molar-refractivity contribution in [3.05, 3.63) is 10.6 Å². The van der Waals surface area contributed by atoms with Gasteiger partial charge >= 0.3 is 0 Å². The predicted molar refractivity (Wildman–Crippen MR) is 72.8 cm³/mol. The van der Waals surface area contributed by atoms with Crippen LogP contribution < -0.4 is 10.2 Å². The van der Waals surface area contributed by atoms with Crippen molar-refractivity contribution in [1.82, 2.24) is 10.3 Å². The van der Waals surface area contributed by atoms with Gasteiger partial charge in [0.1, 0.15) is 0 Å². The molecule has 0 spiro atoms. The molecule has 5 heteroatoms. The van der Waals surface area contributed by atoms with Crippen molar-refractivity contribution >= 4 is 28.9 Å². The number of anilines is 1. The van der Waals surface area contributed by atoms with Crippen LogP contribution in [-0.4, -0.2) is 25.1 Å². The Hall–Kier alpha value is -0.320. The van der Waals surface area contributed by atoms with Crippen LogP contribution in [0.25, 0.3) is 0 Å². The van der Waals surface area contributed by atoms with Crippen LogP contribution in [0.1, 0.15) is 23.9 Å². The molecule has 2 unspecified atom stereocenters. The Morgan fingerprint density at radius 2 is 2.12 bits per heavy atom. The van der Waals surface area contributed by atoms with Crippen molar-refractivity contribution in [3.8, 4) is 0 Å². The fraction of sp³-hybridized carbons (Fsp3) is 0.727. The maximum Gasteiger partial charge on any atom is 0.185 e. The lowest BCUT2D eigenvalue weighted by molar-refractivity contribution is 0.655. The number of aryl methyl sites for hydroxylation is 1. The zero-order chi connectivity index (χ0) is 11.0. The first-order chi connectivity index (χ1) is 7.08. The van der Waals surface area contributed by atoms with Crippen LogP contribution in [0.3, 0.4) is 0 Å². The first-order valence-corrected chi connectivity index (χ1v) is 6.26. The van der Waals surface area contributed by atoms with Gasteiger partial charge < -0.3 is 10.2 Å². The molecular formula is C11H20ClN3S. The lowest BCUT2D eigenvalue weighted by atomic mass is 10.4. The predicted octanol–water partition coefficient (Wildman–Crippen LogP) is 2.44. The molecular weight excluding hydrogens is 242 g/mol. The van der Waals surface area contributed by atoms with Gasteiger partial charge in [0.05, 0.1) is 5.69 Å². The number of thiazole rings is 1. The van der Waals surface area contributed by atoms with E-state index in [1.165, 1.54) is 17.0 Å². The molecule has 16 heavy (non-hydrogen) atoms. The fourth-order valence-electron chi connectivity index (χ4n) is 1.60. The van der Waals surface area contributed by atoms with Gasteiger partial charge in [0.15, 0.2) is 5.13 Å². The van der Waals surface area contributed by atoms with Crippen LogP contribution in [0.4, 0.5) is 5.13 Å². The molecule has 2 atom stereocenters. The molecule has 1 fully saturated rings. The van der Waals surface area contributed by atoms with Crippen molar-refractivity contribution in [2.24, 2.45) is 5.92 Å². The number of aromatic nitrogens is 1. The van der Waals surface area contributed by atoms with E-state index in [1.54, 1.807) is 11.3 Å². The Balaban J connectivity index is 0.00000128. The van der Waals surface area contributed by atoms with Crippen LogP contribution in [-0.2, 0) is 6.54 Å². The second kappa shape index (κ2) is 5.34. The highest BCUT2D eigenvalue weighted by molar-refractivity contribution is 7.15. The summed E-state index contributed by atoms with van der Waals surface area (Å²) in [6, 6.07) is 0.745. The summed E-state index contributed by atoms with van der Waals surface area (Å²) >= 11 is 1.79. The highest BCUT2D eigenvalue weighted by atomic mass is 35.5. The van der Waals surface area contributed by atoms with Crippen molar-refractivity contribution in [1.29, 1.82) is 0 Å². The van der Waals surface area contributed by atoms with E-state index in [4.69, 9.17) is 0 Å². The summed E-state index contributed by atoms with van der Waals surface area (Å²) in [5.41, 5.74) is 1.17. The second-order valence-electron chi connectivity index (χ2n) is 4.60. The van der Waals surface area contributed by atoms with Gasteiger partial charge in [-0.05, 0) is 19.3 Å². The maximum absolute atomic E-state index is 4.53. The quantitative estimate of drug-likeness (QED) is 0.903. The number of rotatable bonds is 4. The average Bonchev–Trinajstić information content (AvgIpc) is 2.72. The van der Waals surface area contributed by atoms with Gasteiger partial charge in [0, 0.05) is 31.6 Å². The highest BCUT2D eigenvalue weighted by Crippen LogP contribution is 2.30. The number of hydrogen-bond donors (Lipinski definition) is 1. The van der Waals surface area contributed by atoms with Crippen molar-refractivity contribution < 1.29 is 0 Å². The van der Waals surface area contributed by atoms with Gasteiger partial charge in [0.25, 0.3) is 0 Å². The van der Waals surface area contributed by atoms with Crippen LogP contribution in [0.5, 0.6) is 0 Å². The van der Waals surface area contributed by atoms with Gasteiger partial charge in [0.2, 0.25) is 0 Å². The van der Waals surface area contributed by atoms with Gasteiger partial charge in [-0.25, -0.2) is 4.98 Å². The molecule has 1 heterocycles. The first kappa shape index (κ1) is 13.7. The van der Waals surface area contributed by atoms with E-state index >= 15 is 0 Å². The molecule has 92 valence electrons. The number of halogens is 1. The summed E-state index contributed by atoms with van der Waals surface area (Å²) in [5.74, 6) is 0.867. The van der Waals surface area contributed by atoms with Crippen LogP contribution in [0, 0.1) is 12.8 Å². The molecule has 1 aliphatic rings. The Morgan fingerprint density at radius 3 is 2.56 bits per heavy atom. The van der Waals surface area contributed by atoms with E-state index in [9.17, 15) is 0 Å². The molecule has 1 aromatic rings. The van der Waals surface area contributed by atoms with Gasteiger partial charge in [-0.15, -0.1) is 23.7 Å². The van der Waals surface area contributed by atoms with Crippen molar-refractivity contribution in [2.45, 2.75) is 32.9 Å². The minimum Gasteiger partial charge on any atom is -0.354 e. The Kier molecular flexibility index (Phi) is 4.59. The summed E-state index contributed by atoms with van der Waals surface area (Å²) < 4.78 is 0. The Labute approximate surface area is 108 Å². The third-order valence-corrected chi connectivity index (χ3v) is 4.22. The molecule has 1 saturated carbocycles. The van der Waals surface area contributed by atoms with Gasteiger partial charge in [-0.3, -0.25) is 0 Å². The molecule has 3 nitrogen and oxygen atoms in total. The molecule has 0 saturated heterocycles. The molecule has 0 radical (unpaired) electrons. The van der Waals surface area contributed by atoms with Crippen molar-refractivity contribution in [2.75, 3.05) is 19.0 Å². The second-order valence-corrected chi connectivity index (χ2v) is 5.66. The van der Waals surface area contributed by atoms with E-state index in [0.717, 1.165) is 23.6 Å². The normalized spacial score (nSPS) is 22.8. The molecule has 1 aliphatic carbocycles. The molecule has 1 aromatic heterocycles. The third-order valence-electron chi connectivity index (χ3n) is 2.90. The van der Waals surface area contributed by atoms with E-state index in [2.05, 4.69) is 29.0 Å². The standard InChI is InChI=1S/C11H19N3S.ClH/c1-7-5-9(7)12-6-10-8(2)13-11(15-10)14(3)4;/h7,9,12H,5-6H2,1-4H3;1H. The molecule has 0 amide bonds. The van der Waals surface area contributed by atoms with Gasteiger partial charge in [-0.1, -0.05) is 6.92 Å². The maximum atomic E-state index is 4.53. The lowest BCUT2D eigenvalue weighted by Crippen LogP contribution is -2.16.